The average molecular weight is 293 g/mol. The molecule has 1 heterocycles. The molecule has 0 spiro atoms. The Kier molecular flexibility index (Phi) is 5.16. The van der Waals surface area contributed by atoms with Gasteiger partial charge in [0.25, 0.3) is 0 Å². The second-order valence-electron chi connectivity index (χ2n) is 5.09. The van der Waals surface area contributed by atoms with Crippen molar-refractivity contribution in [3.63, 3.8) is 0 Å². The lowest BCUT2D eigenvalue weighted by molar-refractivity contribution is 0.442. The third-order valence-corrected chi connectivity index (χ3v) is 2.61. The molecule has 0 radical (unpaired) electrons. The van der Waals surface area contributed by atoms with E-state index in [4.69, 9.17) is 4.74 Å². The predicted octanol–water partition coefficient (Wildman–Crippen LogP) is 3.29. The molecule has 112 valence electrons. The van der Waals surface area contributed by atoms with Crippen LogP contribution in [-0.4, -0.2) is 16.7 Å². The Bertz CT molecular complexity index is 568. The average Bonchev–Trinajstić information content (AvgIpc) is 2.39. The summed E-state index contributed by atoms with van der Waals surface area (Å²) in [7, 11) is 0. The summed E-state index contributed by atoms with van der Waals surface area (Å²) in [5, 5.41) is 11.1. The molecule has 0 aliphatic heterocycles. The van der Waals surface area contributed by atoms with Gasteiger partial charge in [0.15, 0.2) is 0 Å². The number of nitrogens with zero attached hydrogens (tertiary/aromatic N) is 2. The van der Waals surface area contributed by atoms with Gasteiger partial charge >= 0.3 is 0 Å². The molecular weight excluding hydrogens is 276 g/mol. The smallest absolute Gasteiger partial charge is 0.238 e. The molecule has 0 bridgehead atoms. The Morgan fingerprint density at radius 2 is 1.81 bits per heavy atom. The Morgan fingerprint density at radius 1 is 1.10 bits per heavy atom. The van der Waals surface area contributed by atoms with Crippen LogP contribution in [0, 0.1) is 17.6 Å². The molecule has 0 aliphatic carbocycles. The van der Waals surface area contributed by atoms with Gasteiger partial charge in [-0.3, -0.25) is 0 Å². The van der Waals surface area contributed by atoms with E-state index in [1.165, 1.54) is 0 Å². The Morgan fingerprint density at radius 3 is 2.38 bits per heavy atom. The van der Waals surface area contributed by atoms with Crippen molar-refractivity contribution in [3.05, 3.63) is 47.7 Å². The van der Waals surface area contributed by atoms with Crippen molar-refractivity contribution in [1.82, 2.24) is 15.5 Å². The summed E-state index contributed by atoms with van der Waals surface area (Å²) in [6, 6.07) is 6.32. The van der Waals surface area contributed by atoms with E-state index in [9.17, 15) is 8.78 Å². The van der Waals surface area contributed by atoms with E-state index >= 15 is 0 Å². The fourth-order valence-corrected chi connectivity index (χ4v) is 1.69. The maximum atomic E-state index is 13.0. The van der Waals surface area contributed by atoms with Crippen molar-refractivity contribution in [3.8, 4) is 11.6 Å². The van der Waals surface area contributed by atoms with Crippen molar-refractivity contribution in [2.75, 3.05) is 6.54 Å². The van der Waals surface area contributed by atoms with E-state index in [0.717, 1.165) is 30.4 Å². The summed E-state index contributed by atoms with van der Waals surface area (Å²) in [6.07, 6.45) is 0. The first-order valence-electron chi connectivity index (χ1n) is 6.70. The molecule has 0 saturated heterocycles. The van der Waals surface area contributed by atoms with Crippen molar-refractivity contribution < 1.29 is 13.5 Å². The summed E-state index contributed by atoms with van der Waals surface area (Å²) < 4.78 is 31.3. The molecular formula is C15H17F2N3O. The van der Waals surface area contributed by atoms with Gasteiger partial charge in [-0.05, 0) is 18.5 Å². The first kappa shape index (κ1) is 15.3. The maximum absolute atomic E-state index is 13.0. The van der Waals surface area contributed by atoms with Gasteiger partial charge in [-0.2, -0.15) is 5.10 Å². The second kappa shape index (κ2) is 7.08. The van der Waals surface area contributed by atoms with Crippen LogP contribution in [-0.2, 0) is 6.54 Å². The van der Waals surface area contributed by atoms with Crippen LogP contribution in [0.3, 0.4) is 0 Å². The van der Waals surface area contributed by atoms with Crippen molar-refractivity contribution in [1.29, 1.82) is 0 Å². The van der Waals surface area contributed by atoms with Gasteiger partial charge in [-0.1, -0.05) is 13.8 Å². The highest BCUT2D eigenvalue weighted by Gasteiger charge is 2.05. The van der Waals surface area contributed by atoms with Crippen molar-refractivity contribution in [2.24, 2.45) is 5.92 Å². The molecule has 0 amide bonds. The molecule has 0 fully saturated rings. The number of hydrogen-bond donors (Lipinski definition) is 1. The van der Waals surface area contributed by atoms with Crippen LogP contribution in [0.15, 0.2) is 30.3 Å². The lowest BCUT2D eigenvalue weighted by Gasteiger charge is -2.07. The lowest BCUT2D eigenvalue weighted by atomic mass is 10.2. The molecule has 6 heteroatoms. The minimum Gasteiger partial charge on any atom is -0.437 e. The summed E-state index contributed by atoms with van der Waals surface area (Å²) in [4.78, 5) is 0. The zero-order chi connectivity index (χ0) is 15.2. The highest BCUT2D eigenvalue weighted by atomic mass is 19.1. The van der Waals surface area contributed by atoms with E-state index in [1.807, 2.05) is 0 Å². The van der Waals surface area contributed by atoms with E-state index in [2.05, 4.69) is 29.4 Å². The molecule has 0 atom stereocenters. The van der Waals surface area contributed by atoms with E-state index in [-0.39, 0.29) is 11.6 Å². The molecule has 0 saturated carbocycles. The number of ether oxygens (including phenoxy) is 1. The fraction of sp³-hybridized carbons (Fsp3) is 0.333. The van der Waals surface area contributed by atoms with Gasteiger partial charge < -0.3 is 10.1 Å². The van der Waals surface area contributed by atoms with Gasteiger partial charge in [0.2, 0.25) is 5.88 Å². The SMILES string of the molecule is CC(C)CNCc1ccc(Oc2cc(F)cc(F)c2)nn1. The van der Waals surface area contributed by atoms with Crippen LogP contribution >= 0.6 is 0 Å². The van der Waals surface area contributed by atoms with Crippen LogP contribution < -0.4 is 10.1 Å². The van der Waals surface area contributed by atoms with Crippen LogP contribution in [0.2, 0.25) is 0 Å². The van der Waals surface area contributed by atoms with E-state index in [1.54, 1.807) is 12.1 Å². The molecule has 0 aliphatic rings. The molecule has 0 unspecified atom stereocenters. The third kappa shape index (κ3) is 5.07. The lowest BCUT2D eigenvalue weighted by Crippen LogP contribution is -2.19. The van der Waals surface area contributed by atoms with Crippen molar-refractivity contribution in [2.45, 2.75) is 20.4 Å². The van der Waals surface area contributed by atoms with Gasteiger partial charge in [0.05, 0.1) is 5.69 Å². The summed E-state index contributed by atoms with van der Waals surface area (Å²) >= 11 is 0. The molecule has 4 nitrogen and oxygen atoms in total. The van der Waals surface area contributed by atoms with Crippen LogP contribution in [0.25, 0.3) is 0 Å². The summed E-state index contributed by atoms with van der Waals surface area (Å²) in [5.41, 5.74) is 0.772. The third-order valence-electron chi connectivity index (χ3n) is 2.61. The molecule has 1 N–H and O–H groups in total. The van der Waals surface area contributed by atoms with E-state index in [0.29, 0.717) is 12.5 Å². The van der Waals surface area contributed by atoms with Gasteiger partial charge in [-0.25, -0.2) is 8.78 Å². The molecule has 2 rings (SSSR count). The monoisotopic (exact) mass is 293 g/mol. The molecule has 1 aromatic carbocycles. The second-order valence-corrected chi connectivity index (χ2v) is 5.09. The molecule has 2 aromatic rings. The number of aromatic nitrogens is 2. The number of nitrogens with one attached hydrogen (secondary N) is 1. The van der Waals surface area contributed by atoms with E-state index < -0.39 is 11.6 Å². The molecule has 21 heavy (non-hydrogen) atoms. The highest BCUT2D eigenvalue weighted by Crippen LogP contribution is 2.21. The zero-order valence-electron chi connectivity index (χ0n) is 11.9. The van der Waals surface area contributed by atoms with Crippen LogP contribution in [0.1, 0.15) is 19.5 Å². The van der Waals surface area contributed by atoms with Gasteiger partial charge in [-0.15, -0.1) is 5.10 Å². The summed E-state index contributed by atoms with van der Waals surface area (Å²) in [5.74, 6) is -0.608. The Hall–Kier alpha value is -2.08. The van der Waals surface area contributed by atoms with Gasteiger partial charge in [0.1, 0.15) is 17.4 Å². The topological polar surface area (TPSA) is 47.0 Å². The van der Waals surface area contributed by atoms with Crippen molar-refractivity contribution >= 4 is 0 Å². The van der Waals surface area contributed by atoms with Crippen LogP contribution in [0.4, 0.5) is 8.78 Å². The maximum Gasteiger partial charge on any atom is 0.238 e. The number of rotatable bonds is 6. The Balaban J connectivity index is 1.95. The highest BCUT2D eigenvalue weighted by molar-refractivity contribution is 5.28. The quantitative estimate of drug-likeness (QED) is 0.887. The first-order valence-corrected chi connectivity index (χ1v) is 6.70. The number of benzene rings is 1. The minimum atomic E-state index is -0.701. The minimum absolute atomic E-state index is 0.0486. The van der Waals surface area contributed by atoms with Crippen LogP contribution in [0.5, 0.6) is 11.6 Å². The zero-order valence-corrected chi connectivity index (χ0v) is 11.9. The summed E-state index contributed by atoms with van der Waals surface area (Å²) in [6.45, 7) is 5.74. The number of halogens is 2. The normalized spacial score (nSPS) is 10.9. The largest absolute Gasteiger partial charge is 0.437 e. The fourth-order valence-electron chi connectivity index (χ4n) is 1.69. The molecule has 1 aromatic heterocycles. The number of hydrogen-bond acceptors (Lipinski definition) is 4. The first-order chi connectivity index (χ1) is 10.0. The predicted molar refractivity (Wildman–Crippen MR) is 75.0 cm³/mol. The van der Waals surface area contributed by atoms with Gasteiger partial charge in [0, 0.05) is 30.8 Å². The Labute approximate surface area is 122 Å². The standard InChI is InChI=1S/C15H17F2N3O/c1-10(2)8-18-9-13-3-4-15(20-19-13)21-14-6-11(16)5-12(17)7-14/h3-7,10,18H,8-9H2,1-2H3.